The van der Waals surface area contributed by atoms with Crippen molar-refractivity contribution >= 4 is 22.7 Å². The first kappa shape index (κ1) is 15.7. The first-order valence-electron chi connectivity index (χ1n) is 7.39. The number of carbonyl (C=O) groups excluding carboxylic acids is 2. The first-order valence-corrected chi connectivity index (χ1v) is 7.39. The lowest BCUT2D eigenvalue weighted by atomic mass is 10.1. The van der Waals surface area contributed by atoms with Crippen molar-refractivity contribution in [3.05, 3.63) is 82.2 Å². The van der Waals surface area contributed by atoms with Crippen molar-refractivity contribution in [1.82, 2.24) is 0 Å². The molecule has 0 aliphatic carbocycles. The van der Waals surface area contributed by atoms with E-state index in [0.717, 1.165) is 0 Å². The summed E-state index contributed by atoms with van der Waals surface area (Å²) in [6.07, 6.45) is -1.01. The normalized spacial score (nSPS) is 11.9. The number of hydrogen-bond acceptors (Lipinski definition) is 5. The van der Waals surface area contributed by atoms with Crippen LogP contribution < -0.4 is 5.63 Å². The number of Topliss-reactive ketones (excluding diaryl/α,β-unsaturated/α-hetero) is 1. The first-order chi connectivity index (χ1) is 11.6. The highest BCUT2D eigenvalue weighted by Crippen LogP contribution is 2.14. The molecule has 0 amide bonds. The molecule has 0 saturated carbocycles. The van der Waals surface area contributed by atoms with Crippen molar-refractivity contribution in [2.24, 2.45) is 0 Å². The predicted molar refractivity (Wildman–Crippen MR) is 88.1 cm³/mol. The summed E-state index contributed by atoms with van der Waals surface area (Å²) in [7, 11) is 0. The molecule has 0 bridgehead atoms. The van der Waals surface area contributed by atoms with Gasteiger partial charge in [0.2, 0.25) is 5.78 Å². The van der Waals surface area contributed by atoms with Gasteiger partial charge in [-0.2, -0.15) is 0 Å². The number of ether oxygens (including phenoxy) is 1. The molecule has 1 heterocycles. The van der Waals surface area contributed by atoms with E-state index in [1.165, 1.54) is 13.0 Å². The minimum atomic E-state index is -1.01. The van der Waals surface area contributed by atoms with E-state index in [4.69, 9.17) is 9.15 Å². The van der Waals surface area contributed by atoms with Crippen molar-refractivity contribution in [2.75, 3.05) is 0 Å². The summed E-state index contributed by atoms with van der Waals surface area (Å²) >= 11 is 0. The van der Waals surface area contributed by atoms with E-state index in [9.17, 15) is 14.4 Å². The number of hydrogen-bond donors (Lipinski definition) is 0. The second-order valence-corrected chi connectivity index (χ2v) is 5.26. The molecule has 3 rings (SSSR count). The summed E-state index contributed by atoms with van der Waals surface area (Å²) in [6, 6.07) is 16.7. The quantitative estimate of drug-likeness (QED) is 0.419. The zero-order chi connectivity index (χ0) is 17.1. The van der Waals surface area contributed by atoms with E-state index in [1.807, 2.05) is 0 Å². The fourth-order valence-electron chi connectivity index (χ4n) is 2.32. The monoisotopic (exact) mass is 322 g/mol. The number of carbonyl (C=O) groups is 2. The largest absolute Gasteiger partial charge is 0.450 e. The van der Waals surface area contributed by atoms with Crippen LogP contribution in [0.4, 0.5) is 0 Å². The lowest BCUT2D eigenvalue weighted by molar-refractivity contribution is 0.0315. The van der Waals surface area contributed by atoms with Gasteiger partial charge >= 0.3 is 11.6 Å². The Morgan fingerprint density at radius 1 is 1.00 bits per heavy atom. The molecule has 120 valence electrons. The molecule has 0 fully saturated rings. The number of ketones is 1. The van der Waals surface area contributed by atoms with E-state index in [-0.39, 0.29) is 11.3 Å². The maximum absolute atomic E-state index is 12.2. The smallest absolute Gasteiger partial charge is 0.351 e. The molecule has 0 radical (unpaired) electrons. The van der Waals surface area contributed by atoms with Gasteiger partial charge in [0, 0.05) is 10.9 Å². The molecular weight excluding hydrogens is 308 g/mol. The van der Waals surface area contributed by atoms with Gasteiger partial charge in [-0.05, 0) is 19.1 Å². The molecule has 1 unspecified atom stereocenters. The van der Waals surface area contributed by atoms with Gasteiger partial charge in [-0.1, -0.05) is 48.5 Å². The Hall–Kier alpha value is -3.21. The Bertz CT molecular complexity index is 956. The second-order valence-electron chi connectivity index (χ2n) is 5.26. The molecule has 0 saturated heterocycles. The highest BCUT2D eigenvalue weighted by Gasteiger charge is 2.22. The molecule has 2 aromatic carbocycles. The third-order valence-corrected chi connectivity index (χ3v) is 3.57. The molecule has 24 heavy (non-hydrogen) atoms. The Morgan fingerprint density at radius 2 is 1.67 bits per heavy atom. The van der Waals surface area contributed by atoms with Gasteiger partial charge in [0.05, 0.1) is 0 Å². The van der Waals surface area contributed by atoms with Crippen LogP contribution in [-0.2, 0) is 4.74 Å². The standard InChI is InChI=1S/C19H14O5/c1-12(17(20)13-7-3-2-4-8-13)23-18(21)15-11-14-9-5-6-10-16(14)24-19(15)22/h2-12H,1H3. The maximum atomic E-state index is 12.2. The van der Waals surface area contributed by atoms with E-state index in [0.29, 0.717) is 16.5 Å². The van der Waals surface area contributed by atoms with Crippen molar-refractivity contribution in [3.8, 4) is 0 Å². The maximum Gasteiger partial charge on any atom is 0.351 e. The van der Waals surface area contributed by atoms with Crippen LogP contribution in [0.1, 0.15) is 27.6 Å². The third kappa shape index (κ3) is 3.10. The third-order valence-electron chi connectivity index (χ3n) is 3.57. The van der Waals surface area contributed by atoms with Crippen LogP contribution in [0.15, 0.2) is 69.9 Å². The van der Waals surface area contributed by atoms with Crippen LogP contribution in [0.25, 0.3) is 11.0 Å². The van der Waals surface area contributed by atoms with Gasteiger partial charge in [0.1, 0.15) is 11.1 Å². The molecule has 5 heteroatoms. The minimum absolute atomic E-state index is 0.235. The molecule has 1 aromatic heterocycles. The Morgan fingerprint density at radius 3 is 2.42 bits per heavy atom. The molecule has 0 aliphatic heterocycles. The van der Waals surface area contributed by atoms with E-state index in [1.54, 1.807) is 54.6 Å². The van der Waals surface area contributed by atoms with Crippen molar-refractivity contribution < 1.29 is 18.7 Å². The Labute approximate surface area is 137 Å². The van der Waals surface area contributed by atoms with Gasteiger partial charge in [0.15, 0.2) is 6.10 Å². The summed E-state index contributed by atoms with van der Waals surface area (Å²) in [4.78, 5) is 36.4. The highest BCUT2D eigenvalue weighted by molar-refractivity contribution is 6.01. The van der Waals surface area contributed by atoms with Crippen molar-refractivity contribution in [3.63, 3.8) is 0 Å². The summed E-state index contributed by atoms with van der Waals surface area (Å²) in [6.45, 7) is 1.47. The average molecular weight is 322 g/mol. The molecule has 0 aliphatic rings. The van der Waals surface area contributed by atoms with Crippen LogP contribution in [0.2, 0.25) is 0 Å². The number of rotatable bonds is 4. The lowest BCUT2D eigenvalue weighted by Crippen LogP contribution is -2.27. The molecule has 0 N–H and O–H groups in total. The van der Waals surface area contributed by atoms with Crippen molar-refractivity contribution in [1.29, 1.82) is 0 Å². The zero-order valence-electron chi connectivity index (χ0n) is 12.9. The fourth-order valence-corrected chi connectivity index (χ4v) is 2.32. The number of benzene rings is 2. The number of esters is 1. The molecular formula is C19H14O5. The average Bonchev–Trinajstić information content (AvgIpc) is 2.61. The van der Waals surface area contributed by atoms with Crippen LogP contribution in [0.3, 0.4) is 0 Å². The SMILES string of the molecule is CC(OC(=O)c1cc2ccccc2oc1=O)C(=O)c1ccccc1. The van der Waals surface area contributed by atoms with Crippen molar-refractivity contribution in [2.45, 2.75) is 13.0 Å². The molecule has 1 atom stereocenters. The molecule has 0 spiro atoms. The van der Waals surface area contributed by atoms with Gasteiger partial charge in [-0.15, -0.1) is 0 Å². The van der Waals surface area contributed by atoms with Gasteiger partial charge in [-0.25, -0.2) is 9.59 Å². The second kappa shape index (κ2) is 6.50. The Kier molecular flexibility index (Phi) is 4.24. The van der Waals surface area contributed by atoms with Crippen LogP contribution in [0, 0.1) is 0 Å². The Balaban J connectivity index is 1.83. The number of fused-ring (bicyclic) bond motifs is 1. The van der Waals surface area contributed by atoms with Gasteiger partial charge in [0.25, 0.3) is 0 Å². The lowest BCUT2D eigenvalue weighted by Gasteiger charge is -2.12. The summed E-state index contributed by atoms with van der Waals surface area (Å²) in [5.74, 6) is -1.22. The molecule has 3 aromatic rings. The van der Waals surface area contributed by atoms with E-state index < -0.39 is 17.7 Å². The van der Waals surface area contributed by atoms with E-state index in [2.05, 4.69) is 0 Å². The minimum Gasteiger partial charge on any atom is -0.450 e. The summed E-state index contributed by atoms with van der Waals surface area (Å²) in [5, 5.41) is 0.603. The highest BCUT2D eigenvalue weighted by atomic mass is 16.5. The van der Waals surface area contributed by atoms with E-state index >= 15 is 0 Å². The van der Waals surface area contributed by atoms with Gasteiger partial charge < -0.3 is 9.15 Å². The topological polar surface area (TPSA) is 73.6 Å². The van der Waals surface area contributed by atoms with Crippen LogP contribution >= 0.6 is 0 Å². The van der Waals surface area contributed by atoms with Crippen LogP contribution in [-0.4, -0.2) is 17.9 Å². The summed E-state index contributed by atoms with van der Waals surface area (Å²) in [5.41, 5.74) is -0.213. The summed E-state index contributed by atoms with van der Waals surface area (Å²) < 4.78 is 10.2. The van der Waals surface area contributed by atoms with Crippen LogP contribution in [0.5, 0.6) is 0 Å². The predicted octanol–water partition coefficient (Wildman–Crippen LogP) is 3.22. The molecule has 5 nitrogen and oxygen atoms in total. The van der Waals surface area contributed by atoms with Gasteiger partial charge in [-0.3, -0.25) is 4.79 Å². The number of para-hydroxylation sites is 1. The fraction of sp³-hybridized carbons (Fsp3) is 0.105. The zero-order valence-corrected chi connectivity index (χ0v) is 12.9.